The van der Waals surface area contributed by atoms with E-state index in [-0.39, 0.29) is 17.6 Å². The predicted octanol–water partition coefficient (Wildman–Crippen LogP) is 1.17. The minimum atomic E-state index is -0.524. The van der Waals surface area contributed by atoms with Gasteiger partial charge in [0.15, 0.2) is 11.6 Å². The zero-order valence-electron chi connectivity index (χ0n) is 18.6. The summed E-state index contributed by atoms with van der Waals surface area (Å²) in [5.74, 6) is -0.0900. The standard InChI is InChI=1S/C22H31FN6O3/c1-26-12-16-13-29(15-19(16)25-26)22(31)24-7-6-17(30)14-27-8-10-28(11-9-27)20-5-3-4-18(23)21(20)32-2/h3-5,12,17,30H,6-11,13-15H2,1-2H3,(H,24,31)/t17-/m1/s1. The number of ether oxygens (including phenoxy) is 1. The summed E-state index contributed by atoms with van der Waals surface area (Å²) in [5, 5.41) is 17.7. The summed E-state index contributed by atoms with van der Waals surface area (Å²) in [6, 6.07) is 4.82. The Labute approximate surface area is 187 Å². The van der Waals surface area contributed by atoms with Crippen molar-refractivity contribution in [3.8, 4) is 5.75 Å². The van der Waals surface area contributed by atoms with Crippen molar-refractivity contribution in [3.63, 3.8) is 0 Å². The summed E-state index contributed by atoms with van der Waals surface area (Å²) in [4.78, 5) is 18.4. The number of aryl methyl sites for hydroxylation is 1. The van der Waals surface area contributed by atoms with Gasteiger partial charge in [0, 0.05) is 58.1 Å². The summed E-state index contributed by atoms with van der Waals surface area (Å²) in [7, 11) is 3.36. The van der Waals surface area contributed by atoms with E-state index in [0.717, 1.165) is 43.1 Å². The molecule has 2 aliphatic heterocycles. The van der Waals surface area contributed by atoms with Crippen molar-refractivity contribution >= 4 is 11.7 Å². The fraction of sp³-hybridized carbons (Fsp3) is 0.545. The van der Waals surface area contributed by atoms with Gasteiger partial charge in [-0.25, -0.2) is 9.18 Å². The van der Waals surface area contributed by atoms with E-state index in [1.807, 2.05) is 19.3 Å². The third-order valence-corrected chi connectivity index (χ3v) is 6.07. The smallest absolute Gasteiger partial charge is 0.318 e. The number of methoxy groups -OCH3 is 1. The molecule has 9 nitrogen and oxygen atoms in total. The van der Waals surface area contributed by atoms with Crippen LogP contribution in [0.3, 0.4) is 0 Å². The summed E-state index contributed by atoms with van der Waals surface area (Å²) < 4.78 is 21.0. The van der Waals surface area contributed by atoms with E-state index >= 15 is 0 Å². The molecule has 1 fully saturated rings. The SMILES string of the molecule is COc1c(F)cccc1N1CCN(C[C@H](O)CCNC(=O)N2Cc3cn(C)nc3C2)CC1. The van der Waals surface area contributed by atoms with Crippen molar-refractivity contribution in [1.82, 2.24) is 24.9 Å². The van der Waals surface area contributed by atoms with Gasteiger partial charge in [-0.2, -0.15) is 5.10 Å². The molecule has 4 rings (SSSR count). The number of halogens is 1. The van der Waals surface area contributed by atoms with Gasteiger partial charge in [0.25, 0.3) is 0 Å². The van der Waals surface area contributed by atoms with Crippen molar-refractivity contribution in [2.45, 2.75) is 25.6 Å². The average Bonchev–Trinajstić information content (AvgIpc) is 3.31. The van der Waals surface area contributed by atoms with Crippen LogP contribution < -0.4 is 15.0 Å². The molecule has 1 saturated heterocycles. The van der Waals surface area contributed by atoms with Crippen LogP contribution in [-0.4, -0.2) is 83.2 Å². The Bertz CT molecular complexity index is 920. The molecule has 0 spiro atoms. The maximum atomic E-state index is 14.0. The van der Waals surface area contributed by atoms with Gasteiger partial charge < -0.3 is 25.0 Å². The van der Waals surface area contributed by atoms with Crippen LogP contribution in [0.1, 0.15) is 17.7 Å². The van der Waals surface area contributed by atoms with Crippen LogP contribution in [0.25, 0.3) is 0 Å². The molecule has 3 heterocycles. The van der Waals surface area contributed by atoms with Crippen LogP contribution in [0, 0.1) is 5.82 Å². The highest BCUT2D eigenvalue weighted by Crippen LogP contribution is 2.31. The topological polar surface area (TPSA) is 86.1 Å². The quantitative estimate of drug-likeness (QED) is 0.664. The number of aliphatic hydroxyl groups is 1. The Hall–Kier alpha value is -2.85. The number of β-amino-alcohol motifs (C(OH)–C–C–N with tert-alkyl or cyclic N) is 1. The number of anilines is 1. The summed E-state index contributed by atoms with van der Waals surface area (Å²) >= 11 is 0. The molecule has 2 N–H and O–H groups in total. The van der Waals surface area contributed by atoms with Crippen LogP contribution in [-0.2, 0) is 20.1 Å². The van der Waals surface area contributed by atoms with E-state index in [4.69, 9.17) is 4.74 Å². The number of aromatic nitrogens is 2. The molecule has 1 aromatic heterocycles. The number of benzene rings is 1. The lowest BCUT2D eigenvalue weighted by Gasteiger charge is -2.37. The maximum absolute atomic E-state index is 14.0. The van der Waals surface area contributed by atoms with Gasteiger partial charge in [-0.3, -0.25) is 9.58 Å². The van der Waals surface area contributed by atoms with Crippen molar-refractivity contribution in [2.24, 2.45) is 7.05 Å². The van der Waals surface area contributed by atoms with Crippen LogP contribution in [0.5, 0.6) is 5.75 Å². The molecule has 10 heteroatoms. The number of hydrogen-bond acceptors (Lipinski definition) is 6. The maximum Gasteiger partial charge on any atom is 0.318 e. The molecule has 0 radical (unpaired) electrons. The predicted molar refractivity (Wildman–Crippen MR) is 118 cm³/mol. The molecular weight excluding hydrogens is 415 g/mol. The number of carbonyl (C=O) groups is 1. The van der Waals surface area contributed by atoms with Crippen molar-refractivity contribution in [1.29, 1.82) is 0 Å². The Kier molecular flexibility index (Phi) is 6.80. The first-order valence-electron chi connectivity index (χ1n) is 11.0. The van der Waals surface area contributed by atoms with E-state index in [0.29, 0.717) is 32.6 Å². The summed E-state index contributed by atoms with van der Waals surface area (Å²) in [6.45, 7) is 5.04. The van der Waals surface area contributed by atoms with E-state index in [1.54, 1.807) is 15.6 Å². The zero-order chi connectivity index (χ0) is 22.7. The molecule has 0 unspecified atom stereocenters. The second-order valence-electron chi connectivity index (χ2n) is 8.39. The number of para-hydroxylation sites is 1. The van der Waals surface area contributed by atoms with E-state index in [2.05, 4.69) is 20.2 Å². The van der Waals surface area contributed by atoms with Crippen LogP contribution in [0.15, 0.2) is 24.4 Å². The lowest BCUT2D eigenvalue weighted by molar-refractivity contribution is 0.102. The highest BCUT2D eigenvalue weighted by Gasteiger charge is 2.26. The zero-order valence-corrected chi connectivity index (χ0v) is 18.6. The fourth-order valence-electron chi connectivity index (χ4n) is 4.40. The molecule has 2 aliphatic rings. The molecule has 32 heavy (non-hydrogen) atoms. The third kappa shape index (κ3) is 4.97. The molecule has 0 bridgehead atoms. The van der Waals surface area contributed by atoms with Gasteiger partial charge in [-0.15, -0.1) is 0 Å². The molecule has 2 amide bonds. The number of amides is 2. The number of nitrogens with one attached hydrogen (secondary N) is 1. The Morgan fingerprint density at radius 2 is 2.06 bits per heavy atom. The molecule has 1 atom stereocenters. The van der Waals surface area contributed by atoms with Gasteiger partial charge >= 0.3 is 6.03 Å². The largest absolute Gasteiger partial charge is 0.492 e. The van der Waals surface area contributed by atoms with Gasteiger partial charge in [-0.1, -0.05) is 6.07 Å². The van der Waals surface area contributed by atoms with Crippen LogP contribution >= 0.6 is 0 Å². The third-order valence-electron chi connectivity index (χ3n) is 6.07. The van der Waals surface area contributed by atoms with Crippen LogP contribution in [0.2, 0.25) is 0 Å². The number of aliphatic hydroxyl groups excluding tert-OH is 1. The van der Waals surface area contributed by atoms with Crippen molar-refractivity contribution in [2.75, 3.05) is 51.3 Å². The second kappa shape index (κ2) is 9.74. The average molecular weight is 447 g/mol. The minimum absolute atomic E-state index is 0.129. The number of carbonyl (C=O) groups excluding carboxylic acids is 1. The molecule has 0 aliphatic carbocycles. The number of nitrogens with zero attached hydrogens (tertiary/aromatic N) is 5. The van der Waals surface area contributed by atoms with E-state index < -0.39 is 6.10 Å². The summed E-state index contributed by atoms with van der Waals surface area (Å²) in [5.41, 5.74) is 2.78. The Morgan fingerprint density at radius 1 is 1.28 bits per heavy atom. The first-order valence-corrected chi connectivity index (χ1v) is 11.0. The highest BCUT2D eigenvalue weighted by atomic mass is 19.1. The summed E-state index contributed by atoms with van der Waals surface area (Å²) in [6.07, 6.45) is 1.91. The van der Waals surface area contributed by atoms with Gasteiger partial charge in [0.2, 0.25) is 0 Å². The number of rotatable bonds is 7. The minimum Gasteiger partial charge on any atom is -0.492 e. The Morgan fingerprint density at radius 3 is 2.78 bits per heavy atom. The number of urea groups is 1. The monoisotopic (exact) mass is 446 g/mol. The molecule has 1 aromatic carbocycles. The Balaban J connectivity index is 1.16. The first kappa shape index (κ1) is 22.3. The van der Waals surface area contributed by atoms with E-state index in [9.17, 15) is 14.3 Å². The second-order valence-corrected chi connectivity index (χ2v) is 8.39. The van der Waals surface area contributed by atoms with Crippen molar-refractivity contribution < 1.29 is 19.0 Å². The highest BCUT2D eigenvalue weighted by molar-refractivity contribution is 5.74. The van der Waals surface area contributed by atoms with Gasteiger partial charge in [0.1, 0.15) is 0 Å². The van der Waals surface area contributed by atoms with Gasteiger partial charge in [0.05, 0.1) is 37.7 Å². The van der Waals surface area contributed by atoms with Gasteiger partial charge in [-0.05, 0) is 18.6 Å². The normalized spacial score (nSPS) is 17.4. The molecule has 2 aromatic rings. The number of hydrogen-bond donors (Lipinski definition) is 2. The molecular formula is C22H31FN6O3. The lowest BCUT2D eigenvalue weighted by atomic mass is 10.2. The van der Waals surface area contributed by atoms with Crippen molar-refractivity contribution in [3.05, 3.63) is 41.5 Å². The van der Waals surface area contributed by atoms with E-state index in [1.165, 1.54) is 13.2 Å². The fourth-order valence-corrected chi connectivity index (χ4v) is 4.40. The number of fused-ring (bicyclic) bond motifs is 1. The lowest BCUT2D eigenvalue weighted by Crippen LogP contribution is -2.49. The van der Waals surface area contributed by atoms with Crippen LogP contribution in [0.4, 0.5) is 14.9 Å². The first-order chi connectivity index (χ1) is 15.4. The number of piperazine rings is 1. The molecule has 174 valence electrons. The molecule has 0 saturated carbocycles.